The molecule has 1 rings (SSSR count). The number of hydrogen-bond donors (Lipinski definition) is 1. The standard InChI is InChI=1S/C7H15NO/c1-2-7-3-4-8-5-6-9-7/h7-8H,2-6H2,1H3. The smallest absolute Gasteiger partial charge is 0.0594 e. The van der Waals surface area contributed by atoms with Gasteiger partial charge in [0.05, 0.1) is 12.7 Å². The molecule has 1 atom stereocenters. The number of nitrogens with one attached hydrogen (secondary N) is 1. The fourth-order valence-corrected chi connectivity index (χ4v) is 1.09. The zero-order chi connectivity index (χ0) is 6.53. The maximum atomic E-state index is 5.49. The summed E-state index contributed by atoms with van der Waals surface area (Å²) in [6.45, 7) is 5.21. The van der Waals surface area contributed by atoms with Crippen molar-refractivity contribution in [3.05, 3.63) is 0 Å². The Kier molecular flexibility index (Phi) is 3.01. The molecule has 0 aromatic carbocycles. The normalized spacial score (nSPS) is 29.7. The van der Waals surface area contributed by atoms with Gasteiger partial charge in [-0.1, -0.05) is 6.92 Å². The van der Waals surface area contributed by atoms with Gasteiger partial charge >= 0.3 is 0 Å². The van der Waals surface area contributed by atoms with Gasteiger partial charge in [-0.3, -0.25) is 0 Å². The van der Waals surface area contributed by atoms with Crippen LogP contribution in [0.15, 0.2) is 0 Å². The van der Waals surface area contributed by atoms with Crippen molar-refractivity contribution < 1.29 is 4.74 Å². The van der Waals surface area contributed by atoms with E-state index >= 15 is 0 Å². The Hall–Kier alpha value is -0.0800. The molecule has 1 aliphatic rings. The maximum absolute atomic E-state index is 5.49. The highest BCUT2D eigenvalue weighted by Gasteiger charge is 2.08. The molecule has 54 valence electrons. The van der Waals surface area contributed by atoms with Crippen LogP contribution in [-0.4, -0.2) is 25.8 Å². The second kappa shape index (κ2) is 3.85. The number of hydrogen-bond acceptors (Lipinski definition) is 2. The van der Waals surface area contributed by atoms with E-state index in [2.05, 4.69) is 12.2 Å². The highest BCUT2D eigenvalue weighted by molar-refractivity contribution is 4.62. The molecule has 1 unspecified atom stereocenters. The van der Waals surface area contributed by atoms with E-state index in [-0.39, 0.29) is 0 Å². The van der Waals surface area contributed by atoms with Crippen molar-refractivity contribution in [1.82, 2.24) is 5.32 Å². The minimum atomic E-state index is 0.514. The van der Waals surface area contributed by atoms with E-state index in [9.17, 15) is 0 Å². The average molecular weight is 129 g/mol. The van der Waals surface area contributed by atoms with Gasteiger partial charge in [-0.15, -0.1) is 0 Å². The molecular weight excluding hydrogens is 114 g/mol. The average Bonchev–Trinajstić information content (AvgIpc) is 2.13. The lowest BCUT2D eigenvalue weighted by Crippen LogP contribution is -2.16. The SMILES string of the molecule is CCC1CCNCCO1. The molecule has 0 radical (unpaired) electrons. The molecule has 0 saturated carbocycles. The van der Waals surface area contributed by atoms with Crippen molar-refractivity contribution in [3.63, 3.8) is 0 Å². The summed E-state index contributed by atoms with van der Waals surface area (Å²) in [6.07, 6.45) is 2.85. The molecule has 2 nitrogen and oxygen atoms in total. The van der Waals surface area contributed by atoms with Gasteiger partial charge in [-0.05, 0) is 19.4 Å². The highest BCUT2D eigenvalue weighted by Crippen LogP contribution is 2.03. The van der Waals surface area contributed by atoms with Crippen molar-refractivity contribution in [2.24, 2.45) is 0 Å². The summed E-state index contributed by atoms with van der Waals surface area (Å²) >= 11 is 0. The van der Waals surface area contributed by atoms with Crippen LogP contribution < -0.4 is 5.32 Å². The summed E-state index contributed by atoms with van der Waals surface area (Å²) in [6, 6.07) is 0. The quantitative estimate of drug-likeness (QED) is 0.564. The van der Waals surface area contributed by atoms with Gasteiger partial charge in [0.15, 0.2) is 0 Å². The zero-order valence-corrected chi connectivity index (χ0v) is 6.02. The molecule has 0 aliphatic carbocycles. The third-order valence-electron chi connectivity index (χ3n) is 1.73. The Morgan fingerprint density at radius 1 is 1.56 bits per heavy atom. The molecule has 1 saturated heterocycles. The first-order chi connectivity index (χ1) is 4.43. The molecule has 0 bridgehead atoms. The predicted molar refractivity (Wildman–Crippen MR) is 37.5 cm³/mol. The Morgan fingerprint density at radius 3 is 3.22 bits per heavy atom. The maximum Gasteiger partial charge on any atom is 0.0594 e. The molecule has 0 aromatic heterocycles. The van der Waals surface area contributed by atoms with E-state index in [0.29, 0.717) is 6.10 Å². The van der Waals surface area contributed by atoms with Gasteiger partial charge in [0.1, 0.15) is 0 Å². The van der Waals surface area contributed by atoms with Crippen LogP contribution in [0.4, 0.5) is 0 Å². The van der Waals surface area contributed by atoms with Crippen LogP contribution in [0.1, 0.15) is 19.8 Å². The molecule has 1 fully saturated rings. The first kappa shape index (κ1) is 7.03. The Labute approximate surface area is 56.6 Å². The largest absolute Gasteiger partial charge is 0.377 e. The minimum Gasteiger partial charge on any atom is -0.377 e. The van der Waals surface area contributed by atoms with E-state index < -0.39 is 0 Å². The van der Waals surface area contributed by atoms with Crippen molar-refractivity contribution in [2.45, 2.75) is 25.9 Å². The lowest BCUT2D eigenvalue weighted by Gasteiger charge is -2.09. The van der Waals surface area contributed by atoms with E-state index in [0.717, 1.165) is 26.1 Å². The molecule has 0 amide bonds. The Bertz CT molecular complexity index is 67.3. The fourth-order valence-electron chi connectivity index (χ4n) is 1.09. The van der Waals surface area contributed by atoms with E-state index in [1.54, 1.807) is 0 Å². The third kappa shape index (κ3) is 2.33. The summed E-state index contributed by atoms with van der Waals surface area (Å²) in [5, 5.41) is 3.29. The van der Waals surface area contributed by atoms with Gasteiger partial charge in [0.2, 0.25) is 0 Å². The Balaban J connectivity index is 2.18. The van der Waals surface area contributed by atoms with Crippen LogP contribution in [0.5, 0.6) is 0 Å². The van der Waals surface area contributed by atoms with Crippen LogP contribution in [0.25, 0.3) is 0 Å². The third-order valence-corrected chi connectivity index (χ3v) is 1.73. The van der Waals surface area contributed by atoms with Crippen LogP contribution in [0, 0.1) is 0 Å². The Morgan fingerprint density at radius 2 is 2.44 bits per heavy atom. The summed E-state index contributed by atoms with van der Waals surface area (Å²) in [7, 11) is 0. The number of rotatable bonds is 1. The first-order valence-electron chi connectivity index (χ1n) is 3.76. The lowest BCUT2D eigenvalue weighted by atomic mass is 10.2. The van der Waals surface area contributed by atoms with Crippen LogP contribution in [0.2, 0.25) is 0 Å². The summed E-state index contributed by atoms with van der Waals surface area (Å²) in [4.78, 5) is 0. The predicted octanol–water partition coefficient (Wildman–Crippen LogP) is 0.775. The zero-order valence-electron chi connectivity index (χ0n) is 6.02. The van der Waals surface area contributed by atoms with Crippen LogP contribution in [-0.2, 0) is 4.74 Å². The first-order valence-corrected chi connectivity index (χ1v) is 3.76. The summed E-state index contributed by atoms with van der Waals surface area (Å²) in [5.74, 6) is 0. The number of ether oxygens (including phenoxy) is 1. The minimum absolute atomic E-state index is 0.514. The van der Waals surface area contributed by atoms with Crippen LogP contribution in [0.3, 0.4) is 0 Å². The molecule has 1 aliphatic heterocycles. The molecule has 1 heterocycles. The molecule has 0 aromatic rings. The van der Waals surface area contributed by atoms with Gasteiger partial charge in [0, 0.05) is 6.54 Å². The molecule has 2 heteroatoms. The summed E-state index contributed by atoms with van der Waals surface area (Å²) < 4.78 is 5.49. The van der Waals surface area contributed by atoms with Gasteiger partial charge < -0.3 is 10.1 Å². The lowest BCUT2D eigenvalue weighted by molar-refractivity contribution is 0.0622. The van der Waals surface area contributed by atoms with E-state index in [1.807, 2.05) is 0 Å². The fraction of sp³-hybridized carbons (Fsp3) is 1.00. The van der Waals surface area contributed by atoms with Crippen molar-refractivity contribution in [2.75, 3.05) is 19.7 Å². The van der Waals surface area contributed by atoms with E-state index in [1.165, 1.54) is 6.42 Å². The van der Waals surface area contributed by atoms with Gasteiger partial charge in [-0.25, -0.2) is 0 Å². The van der Waals surface area contributed by atoms with Crippen molar-refractivity contribution in [3.8, 4) is 0 Å². The van der Waals surface area contributed by atoms with Crippen LogP contribution >= 0.6 is 0 Å². The highest BCUT2D eigenvalue weighted by atomic mass is 16.5. The summed E-state index contributed by atoms with van der Waals surface area (Å²) in [5.41, 5.74) is 0. The molecule has 0 spiro atoms. The monoisotopic (exact) mass is 129 g/mol. The molecule has 9 heavy (non-hydrogen) atoms. The molecular formula is C7H15NO. The van der Waals surface area contributed by atoms with E-state index in [4.69, 9.17) is 4.74 Å². The topological polar surface area (TPSA) is 21.3 Å². The van der Waals surface area contributed by atoms with Crippen molar-refractivity contribution in [1.29, 1.82) is 0 Å². The van der Waals surface area contributed by atoms with Gasteiger partial charge in [-0.2, -0.15) is 0 Å². The second-order valence-electron chi connectivity index (χ2n) is 2.44. The molecule has 1 N–H and O–H groups in total. The van der Waals surface area contributed by atoms with Crippen molar-refractivity contribution >= 4 is 0 Å². The van der Waals surface area contributed by atoms with Gasteiger partial charge in [0.25, 0.3) is 0 Å². The second-order valence-corrected chi connectivity index (χ2v) is 2.44.